The first kappa shape index (κ1) is 13.1. The highest BCUT2D eigenvalue weighted by molar-refractivity contribution is 9.10. The number of rotatable bonds is 1. The molecule has 0 aliphatic heterocycles. The van der Waals surface area contributed by atoms with Crippen molar-refractivity contribution in [1.82, 2.24) is 9.55 Å². The van der Waals surface area contributed by atoms with Crippen LogP contribution in [-0.2, 0) is 13.2 Å². The number of alkyl halides is 3. The summed E-state index contributed by atoms with van der Waals surface area (Å²) in [7, 11) is 1.43. The van der Waals surface area contributed by atoms with E-state index < -0.39 is 17.7 Å². The molecule has 2 nitrogen and oxygen atoms in total. The maximum atomic E-state index is 13.2. The predicted molar refractivity (Wildman–Crippen MR) is 61.3 cm³/mol. The summed E-state index contributed by atoms with van der Waals surface area (Å²) in [5.41, 5.74) is -0.722. The van der Waals surface area contributed by atoms with Gasteiger partial charge in [-0.1, -0.05) is 15.9 Å². The van der Waals surface area contributed by atoms with Crippen LogP contribution in [0.4, 0.5) is 17.6 Å². The van der Waals surface area contributed by atoms with Crippen LogP contribution in [0.2, 0.25) is 0 Å². The molecule has 0 fully saturated rings. The van der Waals surface area contributed by atoms with Gasteiger partial charge in [0.05, 0.1) is 0 Å². The molecule has 0 N–H and O–H groups in total. The van der Waals surface area contributed by atoms with Gasteiger partial charge in [-0.05, 0) is 18.2 Å². The Kier molecular flexibility index (Phi) is 3.18. The van der Waals surface area contributed by atoms with Crippen molar-refractivity contribution in [3.63, 3.8) is 0 Å². The molecule has 96 valence electrons. The van der Waals surface area contributed by atoms with Crippen molar-refractivity contribution < 1.29 is 17.6 Å². The van der Waals surface area contributed by atoms with Gasteiger partial charge in [-0.25, -0.2) is 9.37 Å². The lowest BCUT2D eigenvalue weighted by Gasteiger charge is -2.02. The maximum absolute atomic E-state index is 13.2. The van der Waals surface area contributed by atoms with E-state index in [4.69, 9.17) is 0 Å². The minimum Gasteiger partial charge on any atom is -0.333 e. The van der Waals surface area contributed by atoms with Crippen LogP contribution in [0, 0.1) is 5.82 Å². The number of hydrogen-bond donors (Lipinski definition) is 0. The van der Waals surface area contributed by atoms with Gasteiger partial charge in [-0.3, -0.25) is 0 Å². The Morgan fingerprint density at radius 1 is 1.22 bits per heavy atom. The van der Waals surface area contributed by atoms with E-state index >= 15 is 0 Å². The molecular weight excluding hydrogens is 316 g/mol. The lowest BCUT2D eigenvalue weighted by Crippen LogP contribution is -2.04. The summed E-state index contributed by atoms with van der Waals surface area (Å²) in [6.07, 6.45) is -3.64. The fraction of sp³-hybridized carbons (Fsp3) is 0.182. The summed E-state index contributed by atoms with van der Waals surface area (Å²) < 4.78 is 52.3. The smallest absolute Gasteiger partial charge is 0.333 e. The van der Waals surface area contributed by atoms with Crippen LogP contribution >= 0.6 is 15.9 Å². The van der Waals surface area contributed by atoms with Crippen molar-refractivity contribution in [2.75, 3.05) is 0 Å². The molecule has 0 radical (unpaired) electrons. The summed E-state index contributed by atoms with van der Waals surface area (Å²) >= 11 is 3.08. The highest BCUT2D eigenvalue weighted by Gasteiger charge is 2.34. The van der Waals surface area contributed by atoms with Crippen LogP contribution in [0.15, 0.2) is 28.9 Å². The van der Waals surface area contributed by atoms with Crippen molar-refractivity contribution in [2.45, 2.75) is 6.18 Å². The summed E-state index contributed by atoms with van der Waals surface area (Å²) in [5, 5.41) is 0. The monoisotopic (exact) mass is 322 g/mol. The molecule has 1 aromatic carbocycles. The zero-order chi connectivity index (χ0) is 13.5. The second-order valence-corrected chi connectivity index (χ2v) is 4.63. The van der Waals surface area contributed by atoms with E-state index in [1.54, 1.807) is 0 Å². The van der Waals surface area contributed by atoms with E-state index in [0.29, 0.717) is 4.47 Å². The molecule has 2 aromatic rings. The SMILES string of the molecule is Cn1cc(C(F)(F)F)nc1-c1cc(F)cc(Br)c1. The topological polar surface area (TPSA) is 17.8 Å². The van der Waals surface area contributed by atoms with Crippen molar-refractivity contribution in [3.8, 4) is 11.4 Å². The summed E-state index contributed by atoms with van der Waals surface area (Å²) in [6, 6.07) is 3.86. The highest BCUT2D eigenvalue weighted by atomic mass is 79.9. The van der Waals surface area contributed by atoms with Gasteiger partial charge in [0.25, 0.3) is 0 Å². The van der Waals surface area contributed by atoms with Crippen LogP contribution in [-0.4, -0.2) is 9.55 Å². The molecule has 0 aliphatic rings. The van der Waals surface area contributed by atoms with Crippen LogP contribution < -0.4 is 0 Å². The van der Waals surface area contributed by atoms with Crippen molar-refractivity contribution in [1.29, 1.82) is 0 Å². The zero-order valence-corrected chi connectivity index (χ0v) is 10.7. The predicted octanol–water partition coefficient (Wildman–Crippen LogP) is 4.01. The Balaban J connectivity index is 2.54. The van der Waals surface area contributed by atoms with E-state index in [2.05, 4.69) is 20.9 Å². The van der Waals surface area contributed by atoms with E-state index in [-0.39, 0.29) is 11.4 Å². The lowest BCUT2D eigenvalue weighted by molar-refractivity contribution is -0.140. The second kappa shape index (κ2) is 4.38. The number of nitrogens with zero attached hydrogens (tertiary/aromatic N) is 2. The Labute approximate surface area is 108 Å². The number of benzene rings is 1. The van der Waals surface area contributed by atoms with Crippen molar-refractivity contribution in [2.24, 2.45) is 7.05 Å². The molecule has 0 atom stereocenters. The number of imidazole rings is 1. The Morgan fingerprint density at radius 3 is 2.39 bits per heavy atom. The summed E-state index contributed by atoms with van der Waals surface area (Å²) in [6.45, 7) is 0. The Bertz CT molecular complexity index is 569. The number of aryl methyl sites for hydroxylation is 1. The van der Waals surface area contributed by atoms with Crippen molar-refractivity contribution in [3.05, 3.63) is 40.4 Å². The average molecular weight is 323 g/mol. The first-order valence-electron chi connectivity index (χ1n) is 4.84. The van der Waals surface area contributed by atoms with Crippen molar-refractivity contribution >= 4 is 15.9 Å². The summed E-state index contributed by atoms with van der Waals surface area (Å²) in [5.74, 6) is -0.488. The first-order valence-corrected chi connectivity index (χ1v) is 5.63. The third kappa shape index (κ3) is 2.55. The van der Waals surface area contributed by atoms with Gasteiger partial charge < -0.3 is 4.57 Å². The third-order valence-corrected chi connectivity index (χ3v) is 2.75. The lowest BCUT2D eigenvalue weighted by atomic mass is 10.2. The van der Waals surface area contributed by atoms with Crippen LogP contribution in [0.5, 0.6) is 0 Å². The van der Waals surface area contributed by atoms with Gasteiger partial charge in [0.1, 0.15) is 11.6 Å². The quantitative estimate of drug-likeness (QED) is 0.725. The maximum Gasteiger partial charge on any atom is 0.434 e. The molecule has 0 aliphatic carbocycles. The molecule has 18 heavy (non-hydrogen) atoms. The molecule has 0 amide bonds. The first-order chi connectivity index (χ1) is 8.27. The molecule has 0 spiro atoms. The van der Waals surface area contributed by atoms with Gasteiger partial charge in [0.15, 0.2) is 5.69 Å². The molecular formula is C11H7BrF4N2. The second-order valence-electron chi connectivity index (χ2n) is 3.72. The Morgan fingerprint density at radius 2 is 1.89 bits per heavy atom. The van der Waals surface area contributed by atoms with Gasteiger partial charge in [0, 0.05) is 23.3 Å². The fourth-order valence-electron chi connectivity index (χ4n) is 1.55. The van der Waals surface area contributed by atoms with Gasteiger partial charge >= 0.3 is 6.18 Å². The fourth-order valence-corrected chi connectivity index (χ4v) is 2.02. The molecule has 0 unspecified atom stereocenters. The number of hydrogen-bond acceptors (Lipinski definition) is 1. The van der Waals surface area contributed by atoms with Gasteiger partial charge in [-0.15, -0.1) is 0 Å². The highest BCUT2D eigenvalue weighted by Crippen LogP contribution is 2.31. The minimum atomic E-state index is -4.51. The molecule has 2 rings (SSSR count). The average Bonchev–Trinajstić information content (AvgIpc) is 2.58. The molecule has 0 bridgehead atoms. The number of aromatic nitrogens is 2. The normalized spacial score (nSPS) is 11.9. The van der Waals surface area contributed by atoms with E-state index in [9.17, 15) is 17.6 Å². The number of halogens is 5. The van der Waals surface area contributed by atoms with Crippen LogP contribution in [0.3, 0.4) is 0 Å². The molecule has 0 saturated carbocycles. The van der Waals surface area contributed by atoms with Gasteiger partial charge in [-0.2, -0.15) is 13.2 Å². The molecule has 1 aromatic heterocycles. The van der Waals surface area contributed by atoms with Crippen LogP contribution in [0.25, 0.3) is 11.4 Å². The molecule has 1 heterocycles. The van der Waals surface area contributed by atoms with Gasteiger partial charge in [0.2, 0.25) is 0 Å². The third-order valence-electron chi connectivity index (χ3n) is 2.29. The zero-order valence-electron chi connectivity index (χ0n) is 9.09. The largest absolute Gasteiger partial charge is 0.434 e. The van der Waals surface area contributed by atoms with E-state index in [1.807, 2.05) is 0 Å². The van der Waals surface area contributed by atoms with E-state index in [1.165, 1.54) is 23.7 Å². The standard InChI is InChI=1S/C11H7BrF4N2/c1-18-5-9(11(14,15)16)17-10(18)6-2-7(12)4-8(13)3-6/h2-5H,1H3. The molecule has 7 heteroatoms. The minimum absolute atomic E-state index is 0.0579. The van der Waals surface area contributed by atoms with E-state index in [0.717, 1.165) is 12.3 Å². The molecule has 0 saturated heterocycles. The van der Waals surface area contributed by atoms with Crippen LogP contribution in [0.1, 0.15) is 5.69 Å². The Hall–Kier alpha value is -1.37. The summed E-state index contributed by atoms with van der Waals surface area (Å²) in [4.78, 5) is 3.48.